The number of methoxy groups -OCH3 is 1. The Morgan fingerprint density at radius 1 is 1.21 bits per heavy atom. The van der Waals surface area contributed by atoms with Gasteiger partial charge in [0, 0.05) is 19.4 Å². The van der Waals surface area contributed by atoms with Crippen molar-refractivity contribution in [3.63, 3.8) is 0 Å². The number of hydrogen-bond acceptors (Lipinski definition) is 4. The first-order valence-corrected chi connectivity index (χ1v) is 9.24. The monoisotopic (exact) mass is 380 g/mol. The molecule has 1 amide bonds. The molecule has 1 aromatic heterocycles. The molecular formula is C22H21FN2O3. The topological polar surface area (TPSA) is 55.6 Å². The lowest BCUT2D eigenvalue weighted by Crippen LogP contribution is -2.36. The van der Waals surface area contributed by atoms with Crippen LogP contribution in [0.5, 0.6) is 5.75 Å². The van der Waals surface area contributed by atoms with Crippen molar-refractivity contribution in [3.8, 4) is 5.75 Å². The van der Waals surface area contributed by atoms with Crippen molar-refractivity contribution < 1.29 is 18.3 Å². The number of ether oxygens (including phenoxy) is 1. The van der Waals surface area contributed by atoms with E-state index in [1.807, 2.05) is 30.3 Å². The first kappa shape index (κ1) is 18.2. The van der Waals surface area contributed by atoms with Gasteiger partial charge in [0.15, 0.2) is 17.5 Å². The molecule has 2 heterocycles. The van der Waals surface area contributed by atoms with Gasteiger partial charge in [0.1, 0.15) is 11.5 Å². The first-order chi connectivity index (χ1) is 13.6. The molecule has 0 radical (unpaired) electrons. The Hall–Kier alpha value is -3.15. The second-order valence-electron chi connectivity index (χ2n) is 6.85. The Bertz CT molecular complexity index is 985. The van der Waals surface area contributed by atoms with Gasteiger partial charge in [-0.1, -0.05) is 36.4 Å². The van der Waals surface area contributed by atoms with Crippen LogP contribution in [0.2, 0.25) is 0 Å². The summed E-state index contributed by atoms with van der Waals surface area (Å²) in [5, 5.41) is 0. The van der Waals surface area contributed by atoms with Gasteiger partial charge in [-0.15, -0.1) is 0 Å². The molecule has 0 spiro atoms. The van der Waals surface area contributed by atoms with Crippen LogP contribution in [0.15, 0.2) is 52.9 Å². The number of carbonyl (C=O) groups excluding carboxylic acids is 1. The summed E-state index contributed by atoms with van der Waals surface area (Å²) < 4.78 is 24.7. The van der Waals surface area contributed by atoms with E-state index in [-0.39, 0.29) is 18.1 Å². The molecular weight excluding hydrogens is 359 g/mol. The molecule has 0 fully saturated rings. The van der Waals surface area contributed by atoms with E-state index in [4.69, 9.17) is 9.15 Å². The molecule has 2 aromatic carbocycles. The molecule has 0 saturated carbocycles. The van der Waals surface area contributed by atoms with E-state index in [1.165, 1.54) is 13.2 Å². The van der Waals surface area contributed by atoms with E-state index in [0.717, 1.165) is 17.0 Å². The molecule has 0 saturated heterocycles. The molecule has 0 N–H and O–H groups in total. The zero-order chi connectivity index (χ0) is 19.5. The van der Waals surface area contributed by atoms with Crippen LogP contribution in [-0.4, -0.2) is 29.4 Å². The van der Waals surface area contributed by atoms with Crippen LogP contribution in [0.4, 0.5) is 4.39 Å². The summed E-state index contributed by atoms with van der Waals surface area (Å²) in [6, 6.07) is 14.6. The average molecular weight is 380 g/mol. The van der Waals surface area contributed by atoms with Gasteiger partial charge in [-0.2, -0.15) is 0 Å². The lowest BCUT2D eigenvalue weighted by molar-refractivity contribution is -0.131. The summed E-state index contributed by atoms with van der Waals surface area (Å²) >= 11 is 0. The minimum absolute atomic E-state index is 0.0529. The number of nitrogens with zero attached hydrogens (tertiary/aromatic N) is 2. The van der Waals surface area contributed by atoms with Gasteiger partial charge in [-0.3, -0.25) is 4.79 Å². The molecule has 5 nitrogen and oxygen atoms in total. The number of aromatic nitrogens is 1. The summed E-state index contributed by atoms with van der Waals surface area (Å²) in [6.45, 7) is 0.996. The SMILES string of the molecule is COc1ccc(CC(=O)N2CCc3oc(Cc4ccccc4)nc3C2)cc1F. The van der Waals surface area contributed by atoms with Gasteiger partial charge in [0.2, 0.25) is 5.91 Å². The number of fused-ring (bicyclic) bond motifs is 1. The fraction of sp³-hybridized carbons (Fsp3) is 0.273. The Labute approximate surface area is 162 Å². The molecule has 4 rings (SSSR count). The molecule has 0 aliphatic carbocycles. The molecule has 1 aliphatic rings. The Morgan fingerprint density at radius 3 is 2.79 bits per heavy atom. The zero-order valence-corrected chi connectivity index (χ0v) is 15.7. The Morgan fingerprint density at radius 2 is 2.04 bits per heavy atom. The molecule has 144 valence electrons. The molecule has 0 unspecified atom stereocenters. The predicted molar refractivity (Wildman–Crippen MR) is 102 cm³/mol. The molecule has 0 atom stereocenters. The third kappa shape index (κ3) is 3.91. The van der Waals surface area contributed by atoms with Crippen molar-refractivity contribution in [2.75, 3.05) is 13.7 Å². The predicted octanol–water partition coefficient (Wildman–Crippen LogP) is 3.54. The van der Waals surface area contributed by atoms with Crippen LogP contribution in [-0.2, 0) is 30.6 Å². The minimum Gasteiger partial charge on any atom is -0.494 e. The number of halogens is 1. The van der Waals surface area contributed by atoms with E-state index in [2.05, 4.69) is 4.98 Å². The molecule has 3 aromatic rings. The quantitative estimate of drug-likeness (QED) is 0.679. The largest absolute Gasteiger partial charge is 0.494 e. The van der Waals surface area contributed by atoms with E-state index in [9.17, 15) is 9.18 Å². The normalized spacial score (nSPS) is 13.3. The fourth-order valence-corrected chi connectivity index (χ4v) is 3.42. The van der Waals surface area contributed by atoms with Crippen molar-refractivity contribution in [1.82, 2.24) is 9.88 Å². The number of oxazole rings is 1. The van der Waals surface area contributed by atoms with Gasteiger partial charge in [0.05, 0.1) is 20.1 Å². The standard InChI is InChI=1S/C22H21FN2O3/c1-27-19-8-7-16(11-17(19)23)13-22(26)25-10-9-20-18(14-25)24-21(28-20)12-15-5-3-2-4-6-15/h2-8,11H,9-10,12-14H2,1H3. The smallest absolute Gasteiger partial charge is 0.227 e. The number of hydrogen-bond donors (Lipinski definition) is 0. The molecule has 0 bridgehead atoms. The zero-order valence-electron chi connectivity index (χ0n) is 15.7. The fourth-order valence-electron chi connectivity index (χ4n) is 3.42. The highest BCUT2D eigenvalue weighted by molar-refractivity contribution is 5.79. The van der Waals surface area contributed by atoms with Gasteiger partial charge < -0.3 is 14.1 Å². The lowest BCUT2D eigenvalue weighted by atomic mass is 10.1. The van der Waals surface area contributed by atoms with Crippen molar-refractivity contribution in [2.45, 2.75) is 25.8 Å². The maximum atomic E-state index is 13.8. The highest BCUT2D eigenvalue weighted by Crippen LogP contribution is 2.23. The first-order valence-electron chi connectivity index (χ1n) is 9.24. The Balaban J connectivity index is 1.42. The van der Waals surface area contributed by atoms with Crippen LogP contribution in [0.25, 0.3) is 0 Å². The summed E-state index contributed by atoms with van der Waals surface area (Å²) in [5.41, 5.74) is 2.57. The van der Waals surface area contributed by atoms with Crippen LogP contribution in [0.3, 0.4) is 0 Å². The third-order valence-corrected chi connectivity index (χ3v) is 4.89. The average Bonchev–Trinajstić information content (AvgIpc) is 3.10. The van der Waals surface area contributed by atoms with Crippen LogP contribution in [0, 0.1) is 5.82 Å². The molecule has 1 aliphatic heterocycles. The molecule has 6 heteroatoms. The summed E-state index contributed by atoms with van der Waals surface area (Å²) in [5.74, 6) is 1.18. The second-order valence-corrected chi connectivity index (χ2v) is 6.85. The number of rotatable bonds is 5. The van der Waals surface area contributed by atoms with Crippen LogP contribution < -0.4 is 4.74 Å². The van der Waals surface area contributed by atoms with Crippen molar-refractivity contribution >= 4 is 5.91 Å². The van der Waals surface area contributed by atoms with E-state index in [0.29, 0.717) is 37.4 Å². The van der Waals surface area contributed by atoms with E-state index in [1.54, 1.807) is 17.0 Å². The van der Waals surface area contributed by atoms with E-state index >= 15 is 0 Å². The summed E-state index contributed by atoms with van der Waals surface area (Å²) in [4.78, 5) is 19.0. The number of amides is 1. The van der Waals surface area contributed by atoms with Crippen molar-refractivity contribution in [1.29, 1.82) is 0 Å². The summed E-state index contributed by atoms with van der Waals surface area (Å²) in [7, 11) is 1.42. The van der Waals surface area contributed by atoms with E-state index < -0.39 is 5.82 Å². The minimum atomic E-state index is -0.462. The molecule has 28 heavy (non-hydrogen) atoms. The van der Waals surface area contributed by atoms with Crippen LogP contribution in [0.1, 0.15) is 28.5 Å². The van der Waals surface area contributed by atoms with Crippen LogP contribution >= 0.6 is 0 Å². The van der Waals surface area contributed by atoms with Crippen molar-refractivity contribution in [2.24, 2.45) is 0 Å². The Kier molecular flexibility index (Phi) is 5.10. The van der Waals surface area contributed by atoms with Gasteiger partial charge in [-0.05, 0) is 23.3 Å². The maximum absolute atomic E-state index is 13.8. The van der Waals surface area contributed by atoms with Crippen molar-refractivity contribution in [3.05, 3.63) is 82.8 Å². The van der Waals surface area contributed by atoms with Gasteiger partial charge in [-0.25, -0.2) is 9.37 Å². The van der Waals surface area contributed by atoms with Gasteiger partial charge in [0.25, 0.3) is 0 Å². The third-order valence-electron chi connectivity index (χ3n) is 4.89. The maximum Gasteiger partial charge on any atom is 0.227 e. The van der Waals surface area contributed by atoms with Gasteiger partial charge >= 0.3 is 0 Å². The highest BCUT2D eigenvalue weighted by Gasteiger charge is 2.25. The lowest BCUT2D eigenvalue weighted by Gasteiger charge is -2.25. The number of benzene rings is 2. The highest BCUT2D eigenvalue weighted by atomic mass is 19.1. The summed E-state index contributed by atoms with van der Waals surface area (Å²) in [6.07, 6.45) is 1.41. The number of carbonyl (C=O) groups is 1. The second kappa shape index (κ2) is 7.84.